The molecule has 4 aromatic rings. The first-order valence-electron chi connectivity index (χ1n) is 10.8. The Labute approximate surface area is 199 Å². The number of anilines is 2. The summed E-state index contributed by atoms with van der Waals surface area (Å²) in [5, 5.41) is 0. The van der Waals surface area contributed by atoms with Crippen LogP contribution in [0.5, 0.6) is 5.75 Å². The standard InChI is InChI=1S/C27H24N2O4S/c1-20(2)33-23-15-17-24(18-16-23)34(31,32)29(22-12-7-4-8-13-22)25-14-9-19-28-26(25)27(30)21-10-5-3-6-11-21/h3-20H,1-2H3. The molecule has 0 amide bonds. The smallest absolute Gasteiger partial charge is 0.268 e. The molecule has 6 nitrogen and oxygen atoms in total. The van der Waals surface area contributed by atoms with Crippen molar-refractivity contribution in [2.24, 2.45) is 0 Å². The van der Waals surface area contributed by atoms with Gasteiger partial charge in [0.2, 0.25) is 5.78 Å². The number of aromatic nitrogens is 1. The number of benzene rings is 3. The van der Waals surface area contributed by atoms with Gasteiger partial charge in [-0.1, -0.05) is 48.5 Å². The van der Waals surface area contributed by atoms with Gasteiger partial charge in [0.05, 0.1) is 22.4 Å². The molecule has 0 aliphatic rings. The zero-order chi connectivity index (χ0) is 24.1. The van der Waals surface area contributed by atoms with E-state index in [1.807, 2.05) is 19.9 Å². The lowest BCUT2D eigenvalue weighted by Crippen LogP contribution is -2.28. The number of nitrogens with zero attached hydrogens (tertiary/aromatic N) is 2. The van der Waals surface area contributed by atoms with Gasteiger partial charge < -0.3 is 4.74 Å². The maximum atomic E-state index is 13.9. The molecule has 0 saturated heterocycles. The Balaban J connectivity index is 1.86. The van der Waals surface area contributed by atoms with Gasteiger partial charge >= 0.3 is 0 Å². The van der Waals surface area contributed by atoms with Crippen molar-refractivity contribution in [3.05, 3.63) is 115 Å². The van der Waals surface area contributed by atoms with Crippen LogP contribution < -0.4 is 9.04 Å². The topological polar surface area (TPSA) is 76.6 Å². The van der Waals surface area contributed by atoms with Crippen LogP contribution in [-0.2, 0) is 10.0 Å². The van der Waals surface area contributed by atoms with Crippen LogP contribution in [0.3, 0.4) is 0 Å². The van der Waals surface area contributed by atoms with Crippen molar-refractivity contribution in [1.82, 2.24) is 4.98 Å². The summed E-state index contributed by atoms with van der Waals surface area (Å²) in [6.45, 7) is 3.80. The SMILES string of the molecule is CC(C)Oc1ccc(S(=O)(=O)N(c2ccccc2)c2cccnc2C(=O)c2ccccc2)cc1. The van der Waals surface area contributed by atoms with E-state index in [4.69, 9.17) is 4.74 Å². The van der Waals surface area contributed by atoms with Gasteiger partial charge in [0, 0.05) is 11.8 Å². The second-order valence-electron chi connectivity index (χ2n) is 7.81. The van der Waals surface area contributed by atoms with E-state index in [1.54, 1.807) is 78.9 Å². The Morgan fingerprint density at radius 1 is 0.824 bits per heavy atom. The van der Waals surface area contributed by atoms with Crippen LogP contribution in [0.4, 0.5) is 11.4 Å². The summed E-state index contributed by atoms with van der Waals surface area (Å²) in [6.07, 6.45) is 1.44. The van der Waals surface area contributed by atoms with Crippen LogP contribution in [0, 0.1) is 0 Å². The Morgan fingerprint density at radius 3 is 2.06 bits per heavy atom. The zero-order valence-electron chi connectivity index (χ0n) is 18.8. The molecule has 172 valence electrons. The van der Waals surface area contributed by atoms with Crippen molar-refractivity contribution in [2.45, 2.75) is 24.8 Å². The van der Waals surface area contributed by atoms with E-state index >= 15 is 0 Å². The summed E-state index contributed by atoms with van der Waals surface area (Å²) < 4.78 is 34.7. The molecule has 0 spiro atoms. The van der Waals surface area contributed by atoms with Crippen molar-refractivity contribution in [3.63, 3.8) is 0 Å². The summed E-state index contributed by atoms with van der Waals surface area (Å²) in [4.78, 5) is 17.7. The molecule has 34 heavy (non-hydrogen) atoms. The molecule has 1 heterocycles. The molecule has 0 aliphatic heterocycles. The van der Waals surface area contributed by atoms with Gasteiger partial charge in [0.1, 0.15) is 11.4 Å². The number of hydrogen-bond donors (Lipinski definition) is 0. The van der Waals surface area contributed by atoms with Gasteiger partial charge in [-0.15, -0.1) is 0 Å². The van der Waals surface area contributed by atoms with E-state index in [1.165, 1.54) is 18.3 Å². The van der Waals surface area contributed by atoms with E-state index in [0.29, 0.717) is 17.0 Å². The molecule has 0 aliphatic carbocycles. The molecule has 0 fully saturated rings. The summed E-state index contributed by atoms with van der Waals surface area (Å²) in [5.74, 6) is 0.203. The Hall–Kier alpha value is -3.97. The molecule has 0 radical (unpaired) electrons. The number of para-hydroxylation sites is 1. The van der Waals surface area contributed by atoms with Gasteiger partial charge in [-0.05, 0) is 62.4 Å². The third kappa shape index (κ3) is 4.84. The fraction of sp³-hybridized carbons (Fsp3) is 0.111. The van der Waals surface area contributed by atoms with Crippen LogP contribution in [0.25, 0.3) is 0 Å². The first-order valence-corrected chi connectivity index (χ1v) is 12.2. The molecule has 7 heteroatoms. The van der Waals surface area contributed by atoms with Crippen molar-refractivity contribution in [3.8, 4) is 5.75 Å². The van der Waals surface area contributed by atoms with Crippen molar-refractivity contribution >= 4 is 27.2 Å². The van der Waals surface area contributed by atoms with E-state index < -0.39 is 10.0 Å². The predicted octanol–water partition coefficient (Wildman–Crippen LogP) is 5.63. The van der Waals surface area contributed by atoms with Gasteiger partial charge in [-0.3, -0.25) is 9.78 Å². The van der Waals surface area contributed by atoms with Crippen LogP contribution >= 0.6 is 0 Å². The van der Waals surface area contributed by atoms with Crippen LogP contribution in [0.1, 0.15) is 29.9 Å². The minimum Gasteiger partial charge on any atom is -0.491 e. The first-order chi connectivity index (χ1) is 16.4. The lowest BCUT2D eigenvalue weighted by atomic mass is 10.1. The highest BCUT2D eigenvalue weighted by Crippen LogP contribution is 2.35. The molecular formula is C27H24N2O4S. The highest BCUT2D eigenvalue weighted by molar-refractivity contribution is 7.93. The normalized spacial score (nSPS) is 11.3. The molecule has 0 unspecified atom stereocenters. The number of carbonyl (C=O) groups is 1. The molecule has 1 aromatic heterocycles. The number of hydrogen-bond acceptors (Lipinski definition) is 5. The summed E-state index contributed by atoms with van der Waals surface area (Å²) in [5.41, 5.74) is 1.02. The molecule has 0 atom stereocenters. The molecule has 0 N–H and O–H groups in total. The number of rotatable bonds is 8. The number of sulfonamides is 1. The quantitative estimate of drug-likeness (QED) is 0.311. The Morgan fingerprint density at radius 2 is 1.44 bits per heavy atom. The van der Waals surface area contributed by atoms with Gasteiger partial charge in [0.15, 0.2) is 0 Å². The zero-order valence-corrected chi connectivity index (χ0v) is 19.6. The average molecular weight is 473 g/mol. The van der Waals surface area contributed by atoms with Gasteiger partial charge in [-0.25, -0.2) is 12.7 Å². The maximum absolute atomic E-state index is 13.9. The third-order valence-corrected chi connectivity index (χ3v) is 6.74. The summed E-state index contributed by atoms with van der Waals surface area (Å²) in [7, 11) is -4.11. The minimum absolute atomic E-state index is 0.0368. The van der Waals surface area contributed by atoms with Gasteiger partial charge in [-0.2, -0.15) is 0 Å². The van der Waals surface area contributed by atoms with E-state index in [0.717, 1.165) is 4.31 Å². The van der Waals surface area contributed by atoms with Crippen LogP contribution in [0.15, 0.2) is 108 Å². The monoisotopic (exact) mass is 472 g/mol. The fourth-order valence-electron chi connectivity index (χ4n) is 3.50. The average Bonchev–Trinajstić information content (AvgIpc) is 2.85. The van der Waals surface area contributed by atoms with Crippen molar-refractivity contribution < 1.29 is 17.9 Å². The molecule has 0 saturated carbocycles. The maximum Gasteiger partial charge on any atom is 0.268 e. The number of carbonyl (C=O) groups excluding carboxylic acids is 1. The molecule has 4 rings (SSSR count). The highest BCUT2D eigenvalue weighted by Gasteiger charge is 2.31. The molecular weight excluding hydrogens is 448 g/mol. The van der Waals surface area contributed by atoms with E-state index in [-0.39, 0.29) is 28.2 Å². The number of pyridine rings is 1. The van der Waals surface area contributed by atoms with Crippen LogP contribution in [-0.4, -0.2) is 25.3 Å². The predicted molar refractivity (Wildman–Crippen MR) is 132 cm³/mol. The second-order valence-corrected chi connectivity index (χ2v) is 9.60. The Kier molecular flexibility index (Phi) is 6.75. The first kappa shape index (κ1) is 23.2. The lowest BCUT2D eigenvalue weighted by Gasteiger charge is -2.26. The third-order valence-electron chi connectivity index (χ3n) is 4.98. The van der Waals surface area contributed by atoms with E-state index in [2.05, 4.69) is 4.98 Å². The molecule has 3 aromatic carbocycles. The van der Waals surface area contributed by atoms with Gasteiger partial charge in [0.25, 0.3) is 10.0 Å². The van der Waals surface area contributed by atoms with Crippen molar-refractivity contribution in [1.29, 1.82) is 0 Å². The number of ether oxygens (including phenoxy) is 1. The highest BCUT2D eigenvalue weighted by atomic mass is 32.2. The van der Waals surface area contributed by atoms with Crippen LogP contribution in [0.2, 0.25) is 0 Å². The van der Waals surface area contributed by atoms with E-state index in [9.17, 15) is 13.2 Å². The lowest BCUT2D eigenvalue weighted by molar-refractivity contribution is 0.103. The van der Waals surface area contributed by atoms with Crippen molar-refractivity contribution in [2.75, 3.05) is 4.31 Å². The minimum atomic E-state index is -4.11. The molecule has 0 bridgehead atoms. The summed E-state index contributed by atoms with van der Waals surface area (Å²) >= 11 is 0. The second kappa shape index (κ2) is 9.89. The largest absolute Gasteiger partial charge is 0.491 e. The fourth-order valence-corrected chi connectivity index (χ4v) is 5.00. The summed E-state index contributed by atoms with van der Waals surface area (Å²) in [6, 6.07) is 26.7. The number of ketones is 1. The Bertz CT molecular complexity index is 1370.